The van der Waals surface area contributed by atoms with Gasteiger partial charge in [-0.3, -0.25) is 4.90 Å². The van der Waals surface area contributed by atoms with E-state index in [0.29, 0.717) is 18.2 Å². The number of hydrogen-bond acceptors (Lipinski definition) is 2. The Bertz CT molecular complexity index is 432. The summed E-state index contributed by atoms with van der Waals surface area (Å²) in [6, 6.07) is 4.69. The summed E-state index contributed by atoms with van der Waals surface area (Å²) >= 11 is 0. The van der Waals surface area contributed by atoms with Crippen molar-refractivity contribution in [2.75, 3.05) is 13.1 Å². The van der Waals surface area contributed by atoms with Crippen molar-refractivity contribution < 1.29 is 8.78 Å². The Kier molecular flexibility index (Phi) is 3.69. The summed E-state index contributed by atoms with van der Waals surface area (Å²) in [5, 5.41) is 3.44. The van der Waals surface area contributed by atoms with Crippen molar-refractivity contribution in [3.05, 3.63) is 35.4 Å². The van der Waals surface area contributed by atoms with Gasteiger partial charge in [0.1, 0.15) is 0 Å². The smallest absolute Gasteiger partial charge is 0.163 e. The molecule has 4 heteroatoms. The minimum Gasteiger partial charge on any atom is -0.309 e. The van der Waals surface area contributed by atoms with E-state index in [-0.39, 0.29) is 5.54 Å². The predicted octanol–water partition coefficient (Wildman–Crippen LogP) is 2.54. The van der Waals surface area contributed by atoms with E-state index in [0.717, 1.165) is 19.2 Å². The second-order valence-electron chi connectivity index (χ2n) is 5.73. The fraction of sp³-hybridized carbons (Fsp3) is 0.571. The average Bonchev–Trinajstić information content (AvgIpc) is 2.29. The van der Waals surface area contributed by atoms with Crippen LogP contribution >= 0.6 is 0 Å². The Morgan fingerprint density at radius 2 is 2.11 bits per heavy atom. The van der Waals surface area contributed by atoms with Crippen LogP contribution in [0.2, 0.25) is 0 Å². The van der Waals surface area contributed by atoms with Crippen LogP contribution in [0.15, 0.2) is 18.2 Å². The molecule has 1 N–H and O–H groups in total. The fourth-order valence-electron chi connectivity index (χ4n) is 2.37. The number of rotatable bonds is 2. The van der Waals surface area contributed by atoms with Crippen molar-refractivity contribution in [3.63, 3.8) is 0 Å². The number of benzene rings is 1. The van der Waals surface area contributed by atoms with Gasteiger partial charge in [0.25, 0.3) is 0 Å². The van der Waals surface area contributed by atoms with Gasteiger partial charge >= 0.3 is 0 Å². The largest absolute Gasteiger partial charge is 0.309 e. The van der Waals surface area contributed by atoms with Crippen LogP contribution < -0.4 is 5.32 Å². The minimum absolute atomic E-state index is 0.0102. The van der Waals surface area contributed by atoms with Crippen molar-refractivity contribution in [1.29, 1.82) is 0 Å². The SMILES string of the molecule is CC1CNC(C)(C)CN1Cc1cccc(F)c1F. The van der Waals surface area contributed by atoms with Crippen LogP contribution in [0.4, 0.5) is 8.78 Å². The second kappa shape index (κ2) is 4.94. The molecule has 1 fully saturated rings. The van der Waals surface area contributed by atoms with Crippen LogP contribution in [-0.2, 0) is 6.54 Å². The highest BCUT2D eigenvalue weighted by Crippen LogP contribution is 2.20. The molecule has 0 radical (unpaired) electrons. The van der Waals surface area contributed by atoms with Crippen LogP contribution in [0, 0.1) is 11.6 Å². The van der Waals surface area contributed by atoms with Gasteiger partial charge in [0, 0.05) is 36.8 Å². The molecule has 0 spiro atoms. The summed E-state index contributed by atoms with van der Waals surface area (Å²) in [4.78, 5) is 2.19. The molecule has 1 saturated heterocycles. The Balaban J connectivity index is 2.15. The first-order valence-electron chi connectivity index (χ1n) is 6.31. The standard InChI is InChI=1S/C14H20F2N2/c1-10-7-17-14(2,3)9-18(10)8-11-5-4-6-12(15)13(11)16/h4-6,10,17H,7-9H2,1-3H3. The zero-order valence-electron chi connectivity index (χ0n) is 11.1. The van der Waals surface area contributed by atoms with Crippen molar-refractivity contribution in [1.82, 2.24) is 10.2 Å². The van der Waals surface area contributed by atoms with E-state index in [2.05, 4.69) is 31.0 Å². The number of nitrogens with zero attached hydrogens (tertiary/aromatic N) is 1. The summed E-state index contributed by atoms with van der Waals surface area (Å²) in [7, 11) is 0. The molecule has 100 valence electrons. The highest BCUT2D eigenvalue weighted by molar-refractivity contribution is 5.19. The van der Waals surface area contributed by atoms with Crippen LogP contribution in [0.3, 0.4) is 0 Å². The normalized spacial score (nSPS) is 24.2. The fourth-order valence-corrected chi connectivity index (χ4v) is 2.37. The lowest BCUT2D eigenvalue weighted by atomic mass is 9.98. The maximum atomic E-state index is 13.7. The Labute approximate surface area is 107 Å². The molecular formula is C14H20F2N2. The van der Waals surface area contributed by atoms with Crippen LogP contribution in [0.5, 0.6) is 0 Å². The van der Waals surface area contributed by atoms with E-state index in [4.69, 9.17) is 0 Å². The summed E-state index contributed by atoms with van der Waals surface area (Å²) in [6.45, 7) is 8.48. The van der Waals surface area contributed by atoms with E-state index < -0.39 is 11.6 Å². The lowest BCUT2D eigenvalue weighted by molar-refractivity contribution is 0.0964. The topological polar surface area (TPSA) is 15.3 Å². The molecule has 1 atom stereocenters. The third-order valence-electron chi connectivity index (χ3n) is 3.50. The van der Waals surface area contributed by atoms with E-state index in [1.807, 2.05) is 0 Å². The number of piperazine rings is 1. The Morgan fingerprint density at radius 3 is 2.83 bits per heavy atom. The molecule has 1 aromatic rings. The summed E-state index contributed by atoms with van der Waals surface area (Å²) in [6.07, 6.45) is 0. The molecule has 0 aromatic heterocycles. The lowest BCUT2D eigenvalue weighted by Gasteiger charge is -2.43. The highest BCUT2D eigenvalue weighted by atomic mass is 19.2. The summed E-state index contributed by atoms with van der Waals surface area (Å²) < 4.78 is 26.8. The van der Waals surface area contributed by atoms with Gasteiger partial charge in [-0.05, 0) is 26.8 Å². The first kappa shape index (κ1) is 13.4. The van der Waals surface area contributed by atoms with Gasteiger partial charge < -0.3 is 5.32 Å². The molecule has 1 aliphatic rings. The zero-order chi connectivity index (χ0) is 13.3. The Hall–Kier alpha value is -1.00. The predicted molar refractivity (Wildman–Crippen MR) is 68.3 cm³/mol. The highest BCUT2D eigenvalue weighted by Gasteiger charge is 2.30. The van der Waals surface area contributed by atoms with E-state index in [9.17, 15) is 8.78 Å². The van der Waals surface area contributed by atoms with E-state index in [1.165, 1.54) is 0 Å². The molecule has 1 unspecified atom stereocenters. The second-order valence-corrected chi connectivity index (χ2v) is 5.73. The monoisotopic (exact) mass is 254 g/mol. The van der Waals surface area contributed by atoms with E-state index >= 15 is 0 Å². The molecule has 0 saturated carbocycles. The molecule has 2 nitrogen and oxygen atoms in total. The molecule has 0 amide bonds. The van der Waals surface area contributed by atoms with Crippen molar-refractivity contribution in [2.45, 2.75) is 38.9 Å². The van der Waals surface area contributed by atoms with Gasteiger partial charge in [-0.1, -0.05) is 12.1 Å². The van der Waals surface area contributed by atoms with Gasteiger partial charge in [0.15, 0.2) is 11.6 Å². The van der Waals surface area contributed by atoms with Crippen molar-refractivity contribution >= 4 is 0 Å². The van der Waals surface area contributed by atoms with E-state index in [1.54, 1.807) is 12.1 Å². The maximum absolute atomic E-state index is 13.7. The van der Waals surface area contributed by atoms with Crippen LogP contribution in [0.25, 0.3) is 0 Å². The third kappa shape index (κ3) is 2.87. The molecule has 1 heterocycles. The number of halogens is 2. The van der Waals surface area contributed by atoms with Crippen molar-refractivity contribution in [3.8, 4) is 0 Å². The van der Waals surface area contributed by atoms with Gasteiger partial charge in [-0.15, -0.1) is 0 Å². The lowest BCUT2D eigenvalue weighted by Crippen LogP contribution is -2.60. The molecule has 0 bridgehead atoms. The zero-order valence-corrected chi connectivity index (χ0v) is 11.1. The van der Waals surface area contributed by atoms with Gasteiger partial charge in [0.2, 0.25) is 0 Å². The number of nitrogens with one attached hydrogen (secondary N) is 1. The van der Waals surface area contributed by atoms with Gasteiger partial charge in [0.05, 0.1) is 0 Å². The molecule has 1 aromatic carbocycles. The van der Waals surface area contributed by atoms with Crippen molar-refractivity contribution in [2.24, 2.45) is 0 Å². The number of hydrogen-bond donors (Lipinski definition) is 1. The van der Waals surface area contributed by atoms with Gasteiger partial charge in [-0.2, -0.15) is 0 Å². The molecule has 2 rings (SSSR count). The minimum atomic E-state index is -0.769. The average molecular weight is 254 g/mol. The van der Waals surface area contributed by atoms with Gasteiger partial charge in [-0.25, -0.2) is 8.78 Å². The molecule has 18 heavy (non-hydrogen) atoms. The maximum Gasteiger partial charge on any atom is 0.163 e. The summed E-state index contributed by atoms with van der Waals surface area (Å²) in [5.41, 5.74) is 0.440. The first-order chi connectivity index (χ1) is 8.39. The third-order valence-corrected chi connectivity index (χ3v) is 3.50. The summed E-state index contributed by atoms with van der Waals surface area (Å²) in [5.74, 6) is -1.49. The Morgan fingerprint density at radius 1 is 1.39 bits per heavy atom. The van der Waals surface area contributed by atoms with Crippen LogP contribution in [-0.4, -0.2) is 29.6 Å². The van der Waals surface area contributed by atoms with Crippen LogP contribution in [0.1, 0.15) is 26.3 Å². The quantitative estimate of drug-likeness (QED) is 0.872. The molecule has 1 aliphatic heterocycles. The first-order valence-corrected chi connectivity index (χ1v) is 6.31. The molecular weight excluding hydrogens is 234 g/mol. The molecule has 0 aliphatic carbocycles.